The minimum Gasteiger partial charge on any atom is -0.477 e. The number of alkyl halides is 3. The van der Waals surface area contributed by atoms with Gasteiger partial charge in [-0.1, -0.05) is 13.0 Å². The number of pyridine rings is 1. The van der Waals surface area contributed by atoms with Crippen LogP contribution in [0.2, 0.25) is 0 Å². The number of hydrogen-bond donors (Lipinski definition) is 1. The van der Waals surface area contributed by atoms with Crippen molar-refractivity contribution in [2.75, 3.05) is 19.6 Å². The van der Waals surface area contributed by atoms with Crippen molar-refractivity contribution in [2.24, 2.45) is 0 Å². The molecule has 0 saturated carbocycles. The average Bonchev–Trinajstić information content (AvgIpc) is 2.38. The van der Waals surface area contributed by atoms with Crippen molar-refractivity contribution in [3.63, 3.8) is 0 Å². The monoisotopic (exact) mass is 290 g/mol. The molecule has 0 amide bonds. The Morgan fingerprint density at radius 1 is 1.35 bits per heavy atom. The fourth-order valence-electron chi connectivity index (χ4n) is 1.70. The van der Waals surface area contributed by atoms with Gasteiger partial charge in [0.2, 0.25) is 0 Å². The van der Waals surface area contributed by atoms with Crippen LogP contribution < -0.4 is 0 Å². The van der Waals surface area contributed by atoms with Crippen molar-refractivity contribution in [3.8, 4) is 0 Å². The summed E-state index contributed by atoms with van der Waals surface area (Å²) in [5.74, 6) is -1.10. The molecule has 1 rings (SSSR count). The molecular formula is C13H17F3N2O2. The molecule has 0 aliphatic heterocycles. The summed E-state index contributed by atoms with van der Waals surface area (Å²) in [5.41, 5.74) is 0.763. The molecule has 0 bridgehead atoms. The molecule has 0 aliphatic carbocycles. The molecule has 0 aliphatic rings. The highest BCUT2D eigenvalue weighted by molar-refractivity contribution is 5.85. The summed E-state index contributed by atoms with van der Waals surface area (Å²) < 4.78 is 36.4. The van der Waals surface area contributed by atoms with Gasteiger partial charge in [0, 0.05) is 19.3 Å². The van der Waals surface area contributed by atoms with Gasteiger partial charge >= 0.3 is 12.1 Å². The van der Waals surface area contributed by atoms with Crippen LogP contribution in [-0.4, -0.2) is 46.8 Å². The van der Waals surface area contributed by atoms with E-state index in [9.17, 15) is 18.0 Å². The van der Waals surface area contributed by atoms with Crippen LogP contribution >= 0.6 is 0 Å². The van der Waals surface area contributed by atoms with Crippen LogP contribution in [-0.2, 0) is 6.42 Å². The van der Waals surface area contributed by atoms with Crippen molar-refractivity contribution < 1.29 is 23.1 Å². The Hall–Kier alpha value is -1.63. The zero-order chi connectivity index (χ0) is 15.2. The van der Waals surface area contributed by atoms with Gasteiger partial charge in [-0.2, -0.15) is 13.2 Å². The van der Waals surface area contributed by atoms with Crippen LogP contribution in [0.1, 0.15) is 29.4 Å². The summed E-state index contributed by atoms with van der Waals surface area (Å²) in [6, 6.07) is 3.03. The van der Waals surface area contributed by atoms with Crippen LogP contribution in [0.15, 0.2) is 18.3 Å². The first kappa shape index (κ1) is 16.4. The molecule has 0 atom stereocenters. The Morgan fingerprint density at radius 2 is 2.05 bits per heavy atom. The van der Waals surface area contributed by atoms with Gasteiger partial charge in [-0.25, -0.2) is 9.78 Å². The molecule has 0 radical (unpaired) electrons. The number of nitrogens with zero attached hydrogens (tertiary/aromatic N) is 2. The second-order valence-corrected chi connectivity index (χ2v) is 4.41. The fraction of sp³-hybridized carbons (Fsp3) is 0.538. The van der Waals surface area contributed by atoms with E-state index in [-0.39, 0.29) is 12.2 Å². The van der Waals surface area contributed by atoms with E-state index >= 15 is 0 Å². The maximum Gasteiger partial charge on any atom is 0.390 e. The van der Waals surface area contributed by atoms with E-state index in [1.54, 1.807) is 11.0 Å². The molecule has 20 heavy (non-hydrogen) atoms. The topological polar surface area (TPSA) is 53.4 Å². The standard InChI is InChI=1S/C13H17F3N2O2/c1-2-18(8-6-13(14,15)16)7-5-10-3-4-11(12(19)20)17-9-10/h3-4,9H,2,5-8H2,1H3,(H,19,20). The fourth-order valence-corrected chi connectivity index (χ4v) is 1.70. The summed E-state index contributed by atoms with van der Waals surface area (Å²) in [7, 11) is 0. The first-order valence-electron chi connectivity index (χ1n) is 6.29. The summed E-state index contributed by atoms with van der Waals surface area (Å²) in [5, 5.41) is 8.70. The minimum absolute atomic E-state index is 0.0271. The van der Waals surface area contributed by atoms with Crippen LogP contribution in [0.5, 0.6) is 0 Å². The van der Waals surface area contributed by atoms with Crippen LogP contribution in [0.25, 0.3) is 0 Å². The van der Waals surface area contributed by atoms with Crippen molar-refractivity contribution in [1.82, 2.24) is 9.88 Å². The van der Waals surface area contributed by atoms with Crippen LogP contribution in [0, 0.1) is 0 Å². The molecular weight excluding hydrogens is 273 g/mol. The number of carbonyl (C=O) groups is 1. The lowest BCUT2D eigenvalue weighted by molar-refractivity contribution is -0.137. The van der Waals surface area contributed by atoms with E-state index in [0.29, 0.717) is 19.5 Å². The third-order valence-electron chi connectivity index (χ3n) is 2.92. The highest BCUT2D eigenvalue weighted by Crippen LogP contribution is 2.19. The first-order valence-corrected chi connectivity index (χ1v) is 6.29. The summed E-state index contributed by atoms with van der Waals surface area (Å²) in [6.45, 7) is 2.81. The number of hydrogen-bond acceptors (Lipinski definition) is 3. The molecule has 4 nitrogen and oxygen atoms in total. The Bertz CT molecular complexity index is 432. The van der Waals surface area contributed by atoms with Crippen LogP contribution in [0.3, 0.4) is 0 Å². The Kier molecular flexibility index (Phi) is 5.94. The van der Waals surface area contributed by atoms with Gasteiger partial charge in [-0.15, -0.1) is 0 Å². The van der Waals surface area contributed by atoms with Gasteiger partial charge in [-0.05, 0) is 24.6 Å². The molecule has 7 heteroatoms. The lowest BCUT2D eigenvalue weighted by Crippen LogP contribution is -2.30. The van der Waals surface area contributed by atoms with E-state index in [0.717, 1.165) is 5.56 Å². The highest BCUT2D eigenvalue weighted by Gasteiger charge is 2.27. The number of likely N-dealkylation sites (N-methyl/N-ethyl adjacent to an activating group) is 1. The molecule has 1 aromatic heterocycles. The van der Waals surface area contributed by atoms with E-state index in [1.807, 2.05) is 6.92 Å². The first-order chi connectivity index (χ1) is 9.31. The Morgan fingerprint density at radius 3 is 2.50 bits per heavy atom. The van der Waals surface area contributed by atoms with E-state index in [2.05, 4.69) is 4.98 Å². The quantitative estimate of drug-likeness (QED) is 0.838. The van der Waals surface area contributed by atoms with Crippen LogP contribution in [0.4, 0.5) is 13.2 Å². The highest BCUT2D eigenvalue weighted by atomic mass is 19.4. The van der Waals surface area contributed by atoms with Crippen molar-refractivity contribution >= 4 is 5.97 Å². The predicted octanol–water partition coefficient (Wildman–Crippen LogP) is 2.60. The maximum atomic E-state index is 12.1. The number of halogens is 3. The number of carboxylic acid groups (broad SMARTS) is 1. The van der Waals surface area contributed by atoms with Gasteiger partial charge < -0.3 is 10.0 Å². The van der Waals surface area contributed by atoms with Crippen molar-refractivity contribution in [3.05, 3.63) is 29.6 Å². The normalized spacial score (nSPS) is 11.8. The minimum atomic E-state index is -4.14. The molecule has 1 aromatic rings. The predicted molar refractivity (Wildman–Crippen MR) is 67.7 cm³/mol. The van der Waals surface area contributed by atoms with E-state index in [4.69, 9.17) is 5.11 Å². The molecule has 1 heterocycles. The summed E-state index contributed by atoms with van der Waals surface area (Å²) >= 11 is 0. The van der Waals surface area contributed by atoms with E-state index in [1.165, 1.54) is 12.3 Å². The second kappa shape index (κ2) is 7.23. The van der Waals surface area contributed by atoms with Gasteiger partial charge in [0.1, 0.15) is 5.69 Å². The number of rotatable bonds is 7. The van der Waals surface area contributed by atoms with Gasteiger partial charge in [0.25, 0.3) is 0 Å². The summed E-state index contributed by atoms with van der Waals surface area (Å²) in [4.78, 5) is 16.1. The molecule has 0 unspecified atom stereocenters. The summed E-state index contributed by atoms with van der Waals surface area (Å²) in [6.07, 6.45) is -2.98. The lowest BCUT2D eigenvalue weighted by atomic mass is 10.2. The van der Waals surface area contributed by atoms with Gasteiger partial charge in [0.05, 0.1) is 6.42 Å². The molecule has 1 N–H and O–H groups in total. The number of aromatic nitrogens is 1. The molecule has 0 saturated heterocycles. The van der Waals surface area contributed by atoms with E-state index < -0.39 is 18.6 Å². The Balaban J connectivity index is 2.45. The molecule has 0 aromatic carbocycles. The largest absolute Gasteiger partial charge is 0.477 e. The third-order valence-corrected chi connectivity index (χ3v) is 2.92. The average molecular weight is 290 g/mol. The van der Waals surface area contributed by atoms with Crippen molar-refractivity contribution in [1.29, 1.82) is 0 Å². The molecule has 112 valence electrons. The number of aromatic carboxylic acids is 1. The zero-order valence-corrected chi connectivity index (χ0v) is 11.2. The maximum absolute atomic E-state index is 12.1. The molecule has 0 fully saturated rings. The third kappa shape index (κ3) is 6.01. The molecule has 0 spiro atoms. The van der Waals surface area contributed by atoms with Crippen molar-refractivity contribution in [2.45, 2.75) is 25.9 Å². The van der Waals surface area contributed by atoms with Gasteiger partial charge in [0.15, 0.2) is 0 Å². The zero-order valence-electron chi connectivity index (χ0n) is 11.2. The SMILES string of the molecule is CCN(CCc1ccc(C(=O)O)nc1)CCC(F)(F)F. The second-order valence-electron chi connectivity index (χ2n) is 4.41. The Labute approximate surface area is 115 Å². The lowest BCUT2D eigenvalue weighted by Gasteiger charge is -2.21. The number of carboxylic acids is 1. The van der Waals surface area contributed by atoms with Gasteiger partial charge in [-0.3, -0.25) is 0 Å². The smallest absolute Gasteiger partial charge is 0.390 e.